The molecule has 0 atom stereocenters. The van der Waals surface area contributed by atoms with E-state index in [0.29, 0.717) is 0 Å². The summed E-state index contributed by atoms with van der Waals surface area (Å²) < 4.78 is 57.4. The zero-order valence-electron chi connectivity index (χ0n) is 9.21. The molecule has 18 heavy (non-hydrogen) atoms. The van der Waals surface area contributed by atoms with E-state index >= 15 is 0 Å². The fourth-order valence-corrected chi connectivity index (χ4v) is 1.34. The Balaban J connectivity index is 3.26. The van der Waals surface area contributed by atoms with E-state index in [1.165, 1.54) is 0 Å². The van der Waals surface area contributed by atoms with Crippen LogP contribution in [0.25, 0.3) is 0 Å². The summed E-state index contributed by atoms with van der Waals surface area (Å²) in [6.45, 7) is -1.23. The lowest BCUT2D eigenvalue weighted by Gasteiger charge is -2.15. The number of aromatic nitrogens is 1. The van der Waals surface area contributed by atoms with E-state index in [1.807, 2.05) is 0 Å². The average Bonchev–Trinajstić information content (AvgIpc) is 2.28. The van der Waals surface area contributed by atoms with Crippen LogP contribution in [-0.2, 0) is 13.1 Å². The number of nitrogens with zero attached hydrogens (tertiary/aromatic N) is 2. The number of rotatable bonds is 4. The fourth-order valence-electron chi connectivity index (χ4n) is 1.34. The lowest BCUT2D eigenvalue weighted by molar-refractivity contribution is -0.275. The number of pyridine rings is 1. The van der Waals surface area contributed by atoms with Gasteiger partial charge in [0.25, 0.3) is 0 Å². The minimum absolute atomic E-state index is 0.0576. The predicted octanol–water partition coefficient (Wildman–Crippen LogP) is 2.52. The smallest absolute Gasteiger partial charge is 0.494 e. The van der Waals surface area contributed by atoms with E-state index in [4.69, 9.17) is 10.00 Å². The molecule has 4 nitrogen and oxygen atoms in total. The normalized spacial score (nSPS) is 10.9. The van der Waals surface area contributed by atoms with Gasteiger partial charge in [-0.2, -0.15) is 5.26 Å². The highest BCUT2D eigenvalue weighted by molar-refractivity contribution is 5.46. The quantitative estimate of drug-likeness (QED) is 0.784. The molecule has 98 valence electrons. The van der Waals surface area contributed by atoms with Crippen LogP contribution in [0.5, 0.6) is 11.5 Å². The van der Waals surface area contributed by atoms with Crippen LogP contribution in [0.1, 0.15) is 11.3 Å². The third-order valence-electron chi connectivity index (χ3n) is 1.98. The molecule has 0 saturated carbocycles. The van der Waals surface area contributed by atoms with Gasteiger partial charge in [-0.1, -0.05) is 0 Å². The van der Waals surface area contributed by atoms with Gasteiger partial charge in [0, 0.05) is 0 Å². The van der Waals surface area contributed by atoms with Gasteiger partial charge in [0.15, 0.2) is 11.5 Å². The lowest BCUT2D eigenvalue weighted by Crippen LogP contribution is -2.18. The Labute approximate surface area is 99.8 Å². The molecule has 0 bridgehead atoms. The first-order chi connectivity index (χ1) is 8.42. The Morgan fingerprint density at radius 2 is 2.11 bits per heavy atom. The molecule has 0 aliphatic rings. The van der Waals surface area contributed by atoms with Crippen molar-refractivity contribution in [3.05, 3.63) is 17.5 Å². The SMILES string of the molecule is COc1c(CC#N)ncc(OC(F)(F)F)c1CF. The molecule has 0 aromatic carbocycles. The van der Waals surface area contributed by atoms with Gasteiger partial charge in [-0.25, -0.2) is 4.39 Å². The number of alkyl halides is 4. The first-order valence-electron chi connectivity index (χ1n) is 4.66. The fraction of sp³-hybridized carbons (Fsp3) is 0.400. The van der Waals surface area contributed by atoms with E-state index in [2.05, 4.69) is 9.72 Å². The molecule has 0 aliphatic heterocycles. The summed E-state index contributed by atoms with van der Waals surface area (Å²) in [7, 11) is 1.15. The second-order valence-electron chi connectivity index (χ2n) is 3.10. The van der Waals surface area contributed by atoms with Crippen molar-refractivity contribution in [3.8, 4) is 17.6 Å². The largest absolute Gasteiger partial charge is 0.573 e. The van der Waals surface area contributed by atoms with Crippen molar-refractivity contribution >= 4 is 0 Å². The molecule has 1 rings (SSSR count). The molecule has 0 aliphatic carbocycles. The highest BCUT2D eigenvalue weighted by Gasteiger charge is 2.33. The summed E-state index contributed by atoms with van der Waals surface area (Å²) in [6, 6.07) is 1.75. The van der Waals surface area contributed by atoms with Crippen molar-refractivity contribution in [2.45, 2.75) is 19.5 Å². The highest BCUT2D eigenvalue weighted by Crippen LogP contribution is 2.34. The van der Waals surface area contributed by atoms with Gasteiger partial charge < -0.3 is 9.47 Å². The van der Waals surface area contributed by atoms with Gasteiger partial charge >= 0.3 is 6.36 Å². The molecular weight excluding hydrogens is 256 g/mol. The van der Waals surface area contributed by atoms with E-state index in [1.54, 1.807) is 6.07 Å². The zero-order valence-corrected chi connectivity index (χ0v) is 9.21. The van der Waals surface area contributed by atoms with Crippen LogP contribution in [-0.4, -0.2) is 18.5 Å². The summed E-state index contributed by atoms with van der Waals surface area (Å²) in [6.07, 6.45) is -4.44. The Morgan fingerprint density at radius 1 is 1.44 bits per heavy atom. The maximum atomic E-state index is 12.8. The summed E-state index contributed by atoms with van der Waals surface area (Å²) in [4.78, 5) is 3.59. The number of ether oxygens (including phenoxy) is 2. The molecule has 0 saturated heterocycles. The molecule has 8 heteroatoms. The van der Waals surface area contributed by atoms with E-state index in [-0.39, 0.29) is 17.9 Å². The predicted molar refractivity (Wildman–Crippen MR) is 51.6 cm³/mol. The Hall–Kier alpha value is -2.04. The molecule has 0 fully saturated rings. The second-order valence-corrected chi connectivity index (χ2v) is 3.10. The molecule has 0 amide bonds. The van der Waals surface area contributed by atoms with Gasteiger partial charge in [-0.3, -0.25) is 4.98 Å². The summed E-state index contributed by atoms with van der Waals surface area (Å²) in [5, 5.41) is 8.51. The van der Waals surface area contributed by atoms with Crippen molar-refractivity contribution in [1.29, 1.82) is 5.26 Å². The third-order valence-corrected chi connectivity index (χ3v) is 1.98. The van der Waals surface area contributed by atoms with E-state index in [9.17, 15) is 17.6 Å². The van der Waals surface area contributed by atoms with E-state index < -0.39 is 24.3 Å². The lowest BCUT2D eigenvalue weighted by atomic mass is 10.1. The van der Waals surface area contributed by atoms with Crippen LogP contribution in [0, 0.1) is 11.3 Å². The minimum Gasteiger partial charge on any atom is -0.494 e. The van der Waals surface area contributed by atoms with Crippen LogP contribution in [0.4, 0.5) is 17.6 Å². The van der Waals surface area contributed by atoms with Gasteiger partial charge in [-0.05, 0) is 0 Å². The molecule has 1 aromatic rings. The summed E-state index contributed by atoms with van der Waals surface area (Å²) in [5.41, 5.74) is -0.364. The van der Waals surface area contributed by atoms with Crippen molar-refractivity contribution in [3.63, 3.8) is 0 Å². The van der Waals surface area contributed by atoms with Crippen LogP contribution in [0.2, 0.25) is 0 Å². The molecule has 0 unspecified atom stereocenters. The van der Waals surface area contributed by atoms with Gasteiger partial charge in [-0.15, -0.1) is 13.2 Å². The van der Waals surface area contributed by atoms with Crippen molar-refractivity contribution < 1.29 is 27.0 Å². The van der Waals surface area contributed by atoms with Crippen molar-refractivity contribution in [1.82, 2.24) is 4.98 Å². The van der Waals surface area contributed by atoms with Crippen LogP contribution < -0.4 is 9.47 Å². The maximum absolute atomic E-state index is 12.8. The third kappa shape index (κ3) is 3.23. The van der Waals surface area contributed by atoms with Crippen molar-refractivity contribution in [2.75, 3.05) is 7.11 Å². The highest BCUT2D eigenvalue weighted by atomic mass is 19.4. The first kappa shape index (κ1) is 14.0. The molecule has 1 aromatic heterocycles. The summed E-state index contributed by atoms with van der Waals surface area (Å²) in [5.74, 6) is -0.982. The average molecular weight is 264 g/mol. The summed E-state index contributed by atoms with van der Waals surface area (Å²) >= 11 is 0. The standard InChI is InChI=1S/C10H8F4N2O2/c1-17-9-6(4-11)8(18-10(12,13)14)5-16-7(9)2-3-15/h5H,2,4H2,1H3. The molecule has 0 radical (unpaired) electrons. The Bertz CT molecular complexity index is 468. The zero-order chi connectivity index (χ0) is 13.8. The van der Waals surface area contributed by atoms with Gasteiger partial charge in [0.1, 0.15) is 6.67 Å². The number of nitriles is 1. The molecule has 1 heterocycles. The Morgan fingerprint density at radius 3 is 2.56 bits per heavy atom. The van der Waals surface area contributed by atoms with Crippen LogP contribution >= 0.6 is 0 Å². The molecule has 0 N–H and O–H groups in total. The number of halogens is 4. The Kier molecular flexibility index (Phi) is 4.31. The molecule has 0 spiro atoms. The number of hydrogen-bond acceptors (Lipinski definition) is 4. The van der Waals surface area contributed by atoms with Gasteiger partial charge in [0.05, 0.1) is 37.1 Å². The number of hydrogen-bond donors (Lipinski definition) is 0. The molecular formula is C10H8F4N2O2. The van der Waals surface area contributed by atoms with Crippen LogP contribution in [0.3, 0.4) is 0 Å². The van der Waals surface area contributed by atoms with Crippen LogP contribution in [0.15, 0.2) is 6.20 Å². The van der Waals surface area contributed by atoms with Gasteiger partial charge in [0.2, 0.25) is 0 Å². The monoisotopic (exact) mass is 264 g/mol. The first-order valence-corrected chi connectivity index (χ1v) is 4.66. The maximum Gasteiger partial charge on any atom is 0.573 e. The topological polar surface area (TPSA) is 55.1 Å². The number of methoxy groups -OCH3 is 1. The van der Waals surface area contributed by atoms with E-state index in [0.717, 1.165) is 13.3 Å². The minimum atomic E-state index is -4.95. The second kappa shape index (κ2) is 5.53. The van der Waals surface area contributed by atoms with Crippen molar-refractivity contribution in [2.24, 2.45) is 0 Å².